The van der Waals surface area contributed by atoms with E-state index in [-0.39, 0.29) is 27.8 Å². The number of nitrogens with two attached hydrogens (primary N) is 1. The predicted octanol–water partition coefficient (Wildman–Crippen LogP) is 2.61. The van der Waals surface area contributed by atoms with E-state index in [0.717, 1.165) is 0 Å². The van der Waals surface area contributed by atoms with Crippen molar-refractivity contribution in [3.63, 3.8) is 0 Å². The molecule has 0 bridgehead atoms. The van der Waals surface area contributed by atoms with Crippen molar-refractivity contribution in [2.45, 2.75) is 12.1 Å². The van der Waals surface area contributed by atoms with E-state index in [1.165, 1.54) is 31.5 Å². The fraction of sp³-hybridized carbons (Fsp3) is 0.389. The number of nitrogens with zero attached hydrogens (tertiary/aromatic N) is 3. The Balaban J connectivity index is 1.79. The Morgan fingerprint density at radius 2 is 1.87 bits per heavy atom. The molecule has 1 aliphatic rings. The molecule has 2 atom stereocenters. The van der Waals surface area contributed by atoms with Gasteiger partial charge in [0.05, 0.1) is 45.2 Å². The number of urea groups is 1. The molecule has 10 nitrogen and oxygen atoms in total. The third-order valence-electron chi connectivity index (χ3n) is 4.56. The van der Waals surface area contributed by atoms with Crippen molar-refractivity contribution >= 4 is 46.6 Å². The highest BCUT2D eigenvalue weighted by Crippen LogP contribution is 2.44. The van der Waals surface area contributed by atoms with Gasteiger partial charge in [-0.25, -0.2) is 14.8 Å². The van der Waals surface area contributed by atoms with Gasteiger partial charge in [-0.2, -0.15) is 0 Å². The molecule has 0 radical (unpaired) electrons. The molecule has 3 rings (SSSR count). The smallest absolute Gasteiger partial charge is 0.327 e. The molecule has 1 saturated heterocycles. The molecule has 0 spiro atoms. The molecule has 1 aromatic heterocycles. The van der Waals surface area contributed by atoms with Crippen LogP contribution in [-0.4, -0.2) is 62.6 Å². The van der Waals surface area contributed by atoms with E-state index in [1.54, 1.807) is 13.1 Å². The number of carbonyl (C=O) groups is 1. The molecule has 2 amide bonds. The second kappa shape index (κ2) is 9.52. The maximum atomic E-state index is 12.8. The second-order valence-electron chi connectivity index (χ2n) is 6.49. The van der Waals surface area contributed by atoms with Gasteiger partial charge in [-0.1, -0.05) is 23.2 Å². The largest absolute Gasteiger partial charge is 0.495 e. The minimum Gasteiger partial charge on any atom is -0.495 e. The molecule has 0 aliphatic carbocycles. The zero-order valence-electron chi connectivity index (χ0n) is 16.6. The number of anilines is 3. The summed E-state index contributed by atoms with van der Waals surface area (Å²) in [7, 11) is 4.44. The first-order valence-corrected chi connectivity index (χ1v) is 9.67. The van der Waals surface area contributed by atoms with Gasteiger partial charge in [0.2, 0.25) is 0 Å². The van der Waals surface area contributed by atoms with Crippen molar-refractivity contribution in [1.82, 2.24) is 9.97 Å². The number of amides is 2. The predicted molar refractivity (Wildman–Crippen MR) is 115 cm³/mol. The van der Waals surface area contributed by atoms with Gasteiger partial charge in [-0.05, 0) is 0 Å². The van der Waals surface area contributed by atoms with E-state index in [0.29, 0.717) is 36.3 Å². The van der Waals surface area contributed by atoms with E-state index in [9.17, 15) is 4.79 Å². The molecular weight excluding hydrogens is 435 g/mol. The second-order valence-corrected chi connectivity index (χ2v) is 7.24. The van der Waals surface area contributed by atoms with E-state index in [2.05, 4.69) is 20.6 Å². The molecule has 1 aromatic carbocycles. The van der Waals surface area contributed by atoms with E-state index in [1.807, 2.05) is 0 Å². The van der Waals surface area contributed by atoms with Gasteiger partial charge >= 0.3 is 6.03 Å². The number of hydrogen-bond acceptors (Lipinski definition) is 8. The summed E-state index contributed by atoms with van der Waals surface area (Å²) in [5, 5.41) is 6.14. The summed E-state index contributed by atoms with van der Waals surface area (Å²) in [5.41, 5.74) is 6.14. The van der Waals surface area contributed by atoms with Crippen LogP contribution < -0.4 is 30.7 Å². The Kier molecular flexibility index (Phi) is 7.03. The zero-order chi connectivity index (χ0) is 21.8. The van der Waals surface area contributed by atoms with Crippen molar-refractivity contribution in [3.05, 3.63) is 28.5 Å². The number of nitrogens with one attached hydrogen (secondary N) is 2. The Morgan fingerprint density at radius 3 is 2.43 bits per heavy atom. The fourth-order valence-electron chi connectivity index (χ4n) is 2.81. The van der Waals surface area contributed by atoms with Gasteiger partial charge < -0.3 is 30.6 Å². The number of hydrogen-bond donors (Lipinski definition) is 3. The molecule has 2 aromatic rings. The van der Waals surface area contributed by atoms with Crippen LogP contribution in [0.4, 0.5) is 22.1 Å². The Hall–Kier alpha value is -2.53. The summed E-state index contributed by atoms with van der Waals surface area (Å²) in [6.45, 7) is 0.953. The fourth-order valence-corrected chi connectivity index (χ4v) is 3.40. The van der Waals surface area contributed by atoms with Gasteiger partial charge in [-0.3, -0.25) is 4.90 Å². The summed E-state index contributed by atoms with van der Waals surface area (Å²) in [6, 6.07) is 2.41. The first-order chi connectivity index (χ1) is 14.3. The minimum atomic E-state index is -0.528. The average molecular weight is 457 g/mol. The lowest BCUT2D eigenvalue weighted by Gasteiger charge is -2.21. The van der Waals surface area contributed by atoms with Crippen LogP contribution in [0.3, 0.4) is 0 Å². The molecule has 1 aliphatic heterocycles. The van der Waals surface area contributed by atoms with Crippen molar-refractivity contribution < 1.29 is 19.0 Å². The average Bonchev–Trinajstić information content (AvgIpc) is 3.15. The summed E-state index contributed by atoms with van der Waals surface area (Å²) in [6.07, 6.45) is 1.34. The lowest BCUT2D eigenvalue weighted by atomic mass is 10.2. The summed E-state index contributed by atoms with van der Waals surface area (Å²) < 4.78 is 15.8. The molecule has 2 unspecified atom stereocenters. The van der Waals surface area contributed by atoms with Gasteiger partial charge in [0, 0.05) is 19.2 Å². The Labute approximate surface area is 183 Å². The lowest BCUT2D eigenvalue weighted by molar-refractivity contribution is 0.192. The van der Waals surface area contributed by atoms with Gasteiger partial charge in [0.25, 0.3) is 0 Å². The maximum absolute atomic E-state index is 12.8. The number of rotatable bonds is 6. The van der Waals surface area contributed by atoms with Crippen LogP contribution in [0.2, 0.25) is 10.0 Å². The number of halogens is 2. The third kappa shape index (κ3) is 4.62. The maximum Gasteiger partial charge on any atom is 0.327 e. The van der Waals surface area contributed by atoms with Crippen LogP contribution in [0.25, 0.3) is 0 Å². The van der Waals surface area contributed by atoms with Crippen molar-refractivity contribution in [2.24, 2.45) is 5.73 Å². The highest BCUT2D eigenvalue weighted by Gasteiger charge is 2.26. The molecule has 0 saturated carbocycles. The van der Waals surface area contributed by atoms with Crippen LogP contribution in [0.5, 0.6) is 11.5 Å². The number of benzene rings is 1. The quantitative estimate of drug-likeness (QED) is 0.605. The number of ether oxygens (including phenoxy) is 3. The van der Waals surface area contributed by atoms with Crippen LogP contribution in [0.15, 0.2) is 18.5 Å². The summed E-state index contributed by atoms with van der Waals surface area (Å²) in [4.78, 5) is 22.4. The standard InChI is InChI=1S/C18H22Cl2N6O4/c1-26(14-5-13(22-8-23-14)24-10-7-30-6-9(10)21)18(27)25-17-15(19)11(28-2)4-12(29-3)16(17)20/h4-5,8-10H,6-7,21H2,1-3H3,(H,25,27)(H,22,23,24). The van der Waals surface area contributed by atoms with E-state index >= 15 is 0 Å². The summed E-state index contributed by atoms with van der Waals surface area (Å²) >= 11 is 12.6. The van der Waals surface area contributed by atoms with Crippen LogP contribution in [0, 0.1) is 0 Å². The molecule has 162 valence electrons. The Bertz CT molecular complexity index is 904. The van der Waals surface area contributed by atoms with Crippen molar-refractivity contribution in [3.8, 4) is 11.5 Å². The van der Waals surface area contributed by atoms with E-state index in [4.69, 9.17) is 43.1 Å². The van der Waals surface area contributed by atoms with Crippen LogP contribution >= 0.6 is 23.2 Å². The number of methoxy groups -OCH3 is 2. The first-order valence-electron chi connectivity index (χ1n) is 8.92. The zero-order valence-corrected chi connectivity index (χ0v) is 18.1. The monoisotopic (exact) mass is 456 g/mol. The van der Waals surface area contributed by atoms with Gasteiger partial charge in [0.15, 0.2) is 0 Å². The molecule has 1 fully saturated rings. The van der Waals surface area contributed by atoms with Crippen LogP contribution in [0.1, 0.15) is 0 Å². The number of aromatic nitrogens is 2. The van der Waals surface area contributed by atoms with Crippen LogP contribution in [-0.2, 0) is 4.74 Å². The molecule has 30 heavy (non-hydrogen) atoms. The lowest BCUT2D eigenvalue weighted by Crippen LogP contribution is -2.39. The Morgan fingerprint density at radius 1 is 1.20 bits per heavy atom. The third-order valence-corrected chi connectivity index (χ3v) is 5.31. The summed E-state index contributed by atoms with van der Waals surface area (Å²) in [5.74, 6) is 1.48. The number of carbonyl (C=O) groups excluding carboxylic acids is 1. The van der Waals surface area contributed by atoms with Gasteiger partial charge in [-0.15, -0.1) is 0 Å². The first kappa shape index (κ1) is 22.2. The molecular formula is C18H22Cl2N6O4. The highest BCUT2D eigenvalue weighted by atomic mass is 35.5. The normalized spacial score (nSPS) is 18.1. The topological polar surface area (TPSA) is 124 Å². The van der Waals surface area contributed by atoms with Crippen molar-refractivity contribution in [2.75, 3.05) is 50.0 Å². The molecule has 4 N–H and O–H groups in total. The van der Waals surface area contributed by atoms with Crippen molar-refractivity contribution in [1.29, 1.82) is 0 Å². The minimum absolute atomic E-state index is 0.0752. The molecule has 2 heterocycles. The molecule has 12 heteroatoms. The SMILES string of the molecule is COc1cc(OC)c(Cl)c(NC(=O)N(C)c2cc(NC3COCC3N)ncn2)c1Cl. The van der Waals surface area contributed by atoms with E-state index < -0.39 is 6.03 Å². The van der Waals surface area contributed by atoms with Gasteiger partial charge in [0.1, 0.15) is 39.5 Å². The highest BCUT2D eigenvalue weighted by molar-refractivity contribution is 6.41.